The lowest BCUT2D eigenvalue weighted by atomic mass is 10.0. The third-order valence-corrected chi connectivity index (χ3v) is 8.56. The molecule has 0 amide bonds. The molecule has 2 aromatic carbocycles. The number of aryl methyl sites for hydroxylation is 1. The SMILES string of the molecule is C=C/C=C\C(=C)C(=C)C1=C(C(=C)/C(=C/C=C\C)CC)Sc2c(-c3ccccc3)ccc(C)c2S1.CC.CC. The Bertz CT molecular complexity index is 1250. The Morgan fingerprint density at radius 1 is 0.816 bits per heavy atom. The van der Waals surface area contributed by atoms with Crippen LogP contribution in [0.25, 0.3) is 11.1 Å². The molecule has 0 radical (unpaired) electrons. The fraction of sp³-hybridized carbons (Fsp3) is 0.222. The molecule has 0 atom stereocenters. The summed E-state index contributed by atoms with van der Waals surface area (Å²) in [6, 6.07) is 15.0. The molecule has 0 aliphatic carbocycles. The smallest absolute Gasteiger partial charge is 0.0343 e. The lowest BCUT2D eigenvalue weighted by molar-refractivity contribution is 1.12. The Balaban J connectivity index is 0.00000172. The van der Waals surface area contributed by atoms with E-state index in [1.807, 2.05) is 52.8 Å². The molecule has 0 N–H and O–H groups in total. The fourth-order valence-electron chi connectivity index (χ4n) is 3.65. The van der Waals surface area contributed by atoms with Gasteiger partial charge in [0.15, 0.2) is 0 Å². The van der Waals surface area contributed by atoms with Gasteiger partial charge in [-0.25, -0.2) is 0 Å². The monoisotopic (exact) mass is 540 g/mol. The van der Waals surface area contributed by atoms with Crippen LogP contribution in [0.4, 0.5) is 0 Å². The van der Waals surface area contributed by atoms with Gasteiger partial charge in [-0.3, -0.25) is 0 Å². The second-order valence-corrected chi connectivity index (χ2v) is 10.0. The highest BCUT2D eigenvalue weighted by Gasteiger charge is 2.28. The third-order valence-electron chi connectivity index (χ3n) is 5.64. The van der Waals surface area contributed by atoms with Crippen LogP contribution in [-0.2, 0) is 0 Å². The molecular weight excluding hydrogens is 497 g/mol. The second kappa shape index (κ2) is 17.5. The summed E-state index contributed by atoms with van der Waals surface area (Å²) in [6.45, 7) is 31.4. The zero-order chi connectivity index (χ0) is 28.7. The first-order valence-corrected chi connectivity index (χ1v) is 15.0. The van der Waals surface area contributed by atoms with E-state index < -0.39 is 0 Å². The number of rotatable bonds is 9. The van der Waals surface area contributed by atoms with Crippen molar-refractivity contribution in [2.75, 3.05) is 0 Å². The standard InChI is InChI=1S/C32H32S2.2C2H6/c1-8-11-16-22(4)24(6)30-31(25(7)26(10-3)17-12-9-2)34-32-28(27-18-14-13-15-19-27)21-20-23(5)29(32)33-30;2*1-2/h8-9,11-21H,1,4,6-7,10H2,2-3,5H3;2*1-2H3/b12-9-,16-11-,26-17+;;. The normalized spacial score (nSPS) is 12.8. The summed E-state index contributed by atoms with van der Waals surface area (Å²) in [7, 11) is 0. The van der Waals surface area contributed by atoms with Crippen molar-refractivity contribution in [1.29, 1.82) is 0 Å². The Labute approximate surface area is 241 Å². The number of hydrogen-bond acceptors (Lipinski definition) is 2. The fourth-order valence-corrected chi connectivity index (χ4v) is 6.48. The second-order valence-electron chi connectivity index (χ2n) is 7.97. The third kappa shape index (κ3) is 8.28. The molecule has 2 aromatic rings. The van der Waals surface area contributed by atoms with E-state index in [0.29, 0.717) is 0 Å². The van der Waals surface area contributed by atoms with Gasteiger partial charge >= 0.3 is 0 Å². The van der Waals surface area contributed by atoms with Crippen LogP contribution in [0.1, 0.15) is 53.5 Å². The van der Waals surface area contributed by atoms with Crippen LogP contribution in [0, 0.1) is 6.92 Å². The number of hydrogen-bond donors (Lipinski definition) is 0. The highest BCUT2D eigenvalue weighted by Crippen LogP contribution is 2.56. The molecule has 0 spiro atoms. The average Bonchev–Trinajstić information content (AvgIpc) is 2.98. The average molecular weight is 541 g/mol. The van der Waals surface area contributed by atoms with Gasteiger partial charge in [0, 0.05) is 19.6 Å². The zero-order valence-electron chi connectivity index (χ0n) is 24.4. The van der Waals surface area contributed by atoms with E-state index in [0.717, 1.165) is 33.0 Å². The predicted molar refractivity (Wildman–Crippen MR) is 178 cm³/mol. The molecule has 3 rings (SSSR count). The number of fused-ring (bicyclic) bond motifs is 1. The lowest BCUT2D eigenvalue weighted by Crippen LogP contribution is -2.03. The van der Waals surface area contributed by atoms with Gasteiger partial charge < -0.3 is 0 Å². The van der Waals surface area contributed by atoms with E-state index in [4.69, 9.17) is 0 Å². The predicted octanol–water partition coefficient (Wildman–Crippen LogP) is 12.4. The maximum Gasteiger partial charge on any atom is 0.0343 e. The van der Waals surface area contributed by atoms with Crippen LogP contribution in [0.5, 0.6) is 0 Å². The molecule has 0 saturated heterocycles. The largest absolute Gasteiger partial charge is 0.0991 e. The Hall–Kier alpha value is -2.94. The molecule has 0 aromatic heterocycles. The highest BCUT2D eigenvalue weighted by molar-refractivity contribution is 8.09. The molecular formula is C36H44S2. The first-order valence-electron chi connectivity index (χ1n) is 13.4. The van der Waals surface area contributed by atoms with Crippen molar-refractivity contribution < 1.29 is 0 Å². The topological polar surface area (TPSA) is 0 Å². The molecule has 1 aliphatic heterocycles. The van der Waals surface area contributed by atoms with Crippen molar-refractivity contribution in [3.63, 3.8) is 0 Å². The van der Waals surface area contributed by atoms with Gasteiger partial charge in [-0.15, -0.1) is 0 Å². The van der Waals surface area contributed by atoms with Gasteiger partial charge in [-0.1, -0.05) is 163 Å². The summed E-state index contributed by atoms with van der Waals surface area (Å²) in [5.74, 6) is 0. The quantitative estimate of drug-likeness (QED) is 0.290. The van der Waals surface area contributed by atoms with Gasteiger partial charge in [-0.05, 0) is 59.3 Å². The van der Waals surface area contributed by atoms with Crippen LogP contribution < -0.4 is 0 Å². The van der Waals surface area contributed by atoms with Crippen molar-refractivity contribution >= 4 is 23.5 Å². The van der Waals surface area contributed by atoms with E-state index in [2.05, 4.69) is 94.8 Å². The van der Waals surface area contributed by atoms with Gasteiger partial charge in [-0.2, -0.15) is 0 Å². The molecule has 1 heterocycles. The van der Waals surface area contributed by atoms with Crippen molar-refractivity contribution in [2.45, 2.75) is 64.7 Å². The van der Waals surface area contributed by atoms with Crippen molar-refractivity contribution in [3.8, 4) is 11.1 Å². The van der Waals surface area contributed by atoms with E-state index >= 15 is 0 Å². The molecule has 1 aliphatic rings. The summed E-state index contributed by atoms with van der Waals surface area (Å²) >= 11 is 3.59. The molecule has 0 fully saturated rings. The molecule has 2 heteroatoms. The van der Waals surface area contributed by atoms with Crippen LogP contribution in [0.15, 0.2) is 147 Å². The molecule has 0 nitrogen and oxygen atoms in total. The van der Waals surface area contributed by atoms with Gasteiger partial charge in [0.25, 0.3) is 0 Å². The Kier molecular flexibility index (Phi) is 15.3. The molecule has 38 heavy (non-hydrogen) atoms. The minimum absolute atomic E-state index is 0.879. The zero-order valence-corrected chi connectivity index (χ0v) is 26.0. The van der Waals surface area contributed by atoms with Crippen LogP contribution in [0.2, 0.25) is 0 Å². The van der Waals surface area contributed by atoms with Crippen LogP contribution in [0.3, 0.4) is 0 Å². The van der Waals surface area contributed by atoms with E-state index in [1.54, 1.807) is 29.6 Å². The summed E-state index contributed by atoms with van der Waals surface area (Å²) < 4.78 is 0. The summed E-state index contributed by atoms with van der Waals surface area (Å²) in [6.07, 6.45) is 12.8. The molecule has 0 unspecified atom stereocenters. The molecule has 0 saturated carbocycles. The van der Waals surface area contributed by atoms with Gasteiger partial charge in [0.2, 0.25) is 0 Å². The van der Waals surface area contributed by atoms with Gasteiger partial charge in [0.1, 0.15) is 0 Å². The van der Waals surface area contributed by atoms with E-state index in [1.165, 1.54) is 32.1 Å². The maximum atomic E-state index is 4.56. The molecule has 0 bridgehead atoms. The van der Waals surface area contributed by atoms with Crippen molar-refractivity contribution in [1.82, 2.24) is 0 Å². The first kappa shape index (κ1) is 33.1. The number of allylic oxidation sites excluding steroid dienone is 10. The van der Waals surface area contributed by atoms with Crippen molar-refractivity contribution in [2.24, 2.45) is 0 Å². The first-order chi connectivity index (χ1) is 18.4. The lowest BCUT2D eigenvalue weighted by Gasteiger charge is -2.28. The maximum absolute atomic E-state index is 4.56. The summed E-state index contributed by atoms with van der Waals surface area (Å²) in [5.41, 5.74) is 7.78. The molecule has 200 valence electrons. The Morgan fingerprint density at radius 2 is 1.42 bits per heavy atom. The highest BCUT2D eigenvalue weighted by atomic mass is 32.2. The van der Waals surface area contributed by atoms with Crippen LogP contribution >= 0.6 is 23.5 Å². The van der Waals surface area contributed by atoms with Gasteiger partial charge in [0.05, 0.1) is 0 Å². The van der Waals surface area contributed by atoms with Crippen LogP contribution in [-0.4, -0.2) is 0 Å². The van der Waals surface area contributed by atoms with E-state index in [-0.39, 0.29) is 0 Å². The summed E-state index contributed by atoms with van der Waals surface area (Å²) in [5, 5.41) is 0. The number of thioether (sulfide) groups is 2. The minimum atomic E-state index is 0.879. The number of benzene rings is 2. The van der Waals surface area contributed by atoms with E-state index in [9.17, 15) is 0 Å². The summed E-state index contributed by atoms with van der Waals surface area (Å²) in [4.78, 5) is 4.82. The minimum Gasteiger partial charge on any atom is -0.0991 e. The van der Waals surface area contributed by atoms with Crippen molar-refractivity contribution in [3.05, 3.63) is 143 Å². The Morgan fingerprint density at radius 3 is 2.00 bits per heavy atom.